The van der Waals surface area contributed by atoms with Gasteiger partial charge in [0, 0.05) is 25.2 Å². The molecule has 2 aromatic heterocycles. The number of benzene rings is 1. The molecule has 28 heavy (non-hydrogen) atoms. The number of fused-ring (bicyclic) bond motifs is 1. The van der Waals surface area contributed by atoms with Gasteiger partial charge in [-0.3, -0.25) is 9.89 Å². The summed E-state index contributed by atoms with van der Waals surface area (Å²) in [4.78, 5) is 26.6. The average molecular weight is 395 g/mol. The van der Waals surface area contributed by atoms with Crippen LogP contribution in [-0.2, 0) is 4.79 Å². The van der Waals surface area contributed by atoms with Crippen molar-refractivity contribution in [2.24, 2.45) is 0 Å². The minimum absolute atomic E-state index is 0.121. The van der Waals surface area contributed by atoms with Gasteiger partial charge in [0.1, 0.15) is 11.5 Å². The summed E-state index contributed by atoms with van der Waals surface area (Å²) in [7, 11) is 3.41. The summed E-state index contributed by atoms with van der Waals surface area (Å²) in [6.45, 7) is 0. The minimum atomic E-state index is -5.08. The number of aliphatic carboxylic acids is 1. The van der Waals surface area contributed by atoms with Gasteiger partial charge in [-0.15, -0.1) is 0 Å². The fourth-order valence-electron chi connectivity index (χ4n) is 2.02. The summed E-state index contributed by atoms with van der Waals surface area (Å²) in [5.41, 5.74) is 2.28. The second-order valence-electron chi connectivity index (χ2n) is 5.71. The van der Waals surface area contributed by atoms with Crippen molar-refractivity contribution in [3.8, 4) is 0 Å². The number of aromatic nitrogens is 3. The van der Waals surface area contributed by atoms with Gasteiger partial charge >= 0.3 is 12.1 Å². The minimum Gasteiger partial charge on any atom is -0.475 e. The molecule has 0 atom stereocenters. The normalized spacial score (nSPS) is 10.8. The Morgan fingerprint density at radius 2 is 1.86 bits per heavy atom. The molecule has 0 radical (unpaired) electrons. The molecule has 0 saturated carbocycles. The highest BCUT2D eigenvalue weighted by atomic mass is 19.4. The number of carboxylic acid groups (broad SMARTS) is 1. The van der Waals surface area contributed by atoms with Crippen LogP contribution in [0.1, 0.15) is 10.5 Å². The highest BCUT2D eigenvalue weighted by Crippen LogP contribution is 2.20. The molecular formula is C17H16F3N5O3. The molecule has 11 heteroatoms. The molecule has 0 aliphatic rings. The molecule has 8 nitrogen and oxygen atoms in total. The number of nitrogens with one attached hydrogen (secondary N) is 2. The lowest BCUT2D eigenvalue weighted by Crippen LogP contribution is -2.22. The lowest BCUT2D eigenvalue weighted by molar-refractivity contribution is -0.192. The summed E-state index contributed by atoms with van der Waals surface area (Å²) in [6.07, 6.45) is -3.32. The molecular weight excluding hydrogens is 379 g/mol. The first-order valence-corrected chi connectivity index (χ1v) is 7.77. The zero-order valence-electron chi connectivity index (χ0n) is 14.8. The second kappa shape index (κ2) is 8.37. The van der Waals surface area contributed by atoms with E-state index in [1.165, 1.54) is 4.90 Å². The molecule has 148 valence electrons. The van der Waals surface area contributed by atoms with E-state index in [-0.39, 0.29) is 5.91 Å². The summed E-state index contributed by atoms with van der Waals surface area (Å²) >= 11 is 0. The molecule has 0 bridgehead atoms. The number of hydrogen-bond acceptors (Lipinski definition) is 5. The summed E-state index contributed by atoms with van der Waals surface area (Å²) in [6, 6.07) is 11.2. The van der Waals surface area contributed by atoms with Crippen LogP contribution in [0.3, 0.4) is 0 Å². The van der Waals surface area contributed by atoms with Crippen LogP contribution in [0.2, 0.25) is 0 Å². The van der Waals surface area contributed by atoms with Gasteiger partial charge in [0.25, 0.3) is 5.91 Å². The Hall–Kier alpha value is -3.63. The van der Waals surface area contributed by atoms with Crippen molar-refractivity contribution in [1.29, 1.82) is 0 Å². The molecule has 3 rings (SSSR count). The Bertz CT molecular complexity index is 985. The number of halogens is 3. The topological polar surface area (TPSA) is 111 Å². The van der Waals surface area contributed by atoms with E-state index < -0.39 is 12.1 Å². The quantitative estimate of drug-likeness (QED) is 0.629. The number of pyridine rings is 1. The van der Waals surface area contributed by atoms with Gasteiger partial charge < -0.3 is 15.3 Å². The number of H-pyrrole nitrogens is 1. The van der Waals surface area contributed by atoms with Crippen LogP contribution in [0, 0.1) is 0 Å². The number of nitrogens with zero attached hydrogens (tertiary/aromatic N) is 3. The number of anilines is 2. The van der Waals surface area contributed by atoms with Crippen LogP contribution >= 0.6 is 0 Å². The van der Waals surface area contributed by atoms with Crippen molar-refractivity contribution in [2.45, 2.75) is 6.18 Å². The maximum absolute atomic E-state index is 11.9. The van der Waals surface area contributed by atoms with Gasteiger partial charge in [0.15, 0.2) is 0 Å². The number of aromatic amines is 1. The number of hydrogen-bond donors (Lipinski definition) is 3. The first-order chi connectivity index (χ1) is 13.1. The number of amides is 1. The van der Waals surface area contributed by atoms with Crippen LogP contribution in [0.25, 0.3) is 10.9 Å². The van der Waals surface area contributed by atoms with E-state index in [1.54, 1.807) is 26.4 Å². The van der Waals surface area contributed by atoms with Crippen LogP contribution < -0.4 is 5.32 Å². The summed E-state index contributed by atoms with van der Waals surface area (Å²) < 4.78 is 31.7. The van der Waals surface area contributed by atoms with Crippen LogP contribution in [0.4, 0.5) is 24.7 Å². The lowest BCUT2D eigenvalue weighted by Gasteiger charge is -2.11. The second-order valence-corrected chi connectivity index (χ2v) is 5.71. The van der Waals surface area contributed by atoms with Crippen LogP contribution in [-0.4, -0.2) is 57.3 Å². The lowest BCUT2D eigenvalue weighted by atomic mass is 10.2. The van der Waals surface area contributed by atoms with Gasteiger partial charge in [0.05, 0.1) is 11.7 Å². The molecule has 3 aromatic rings. The summed E-state index contributed by atoms with van der Waals surface area (Å²) in [5.74, 6) is -2.25. The van der Waals surface area contributed by atoms with E-state index in [0.29, 0.717) is 11.5 Å². The average Bonchev–Trinajstić information content (AvgIpc) is 3.08. The van der Waals surface area contributed by atoms with Gasteiger partial charge in [0.2, 0.25) is 0 Å². The fraction of sp³-hybridized carbons (Fsp3) is 0.176. The zero-order valence-corrected chi connectivity index (χ0v) is 14.8. The van der Waals surface area contributed by atoms with Crippen molar-refractivity contribution in [2.75, 3.05) is 19.4 Å². The molecule has 0 fully saturated rings. The Balaban J connectivity index is 0.000000345. The largest absolute Gasteiger partial charge is 0.490 e. The Labute approximate surface area is 157 Å². The summed E-state index contributed by atoms with van der Waals surface area (Å²) in [5, 5.41) is 18.2. The molecule has 0 aliphatic carbocycles. The van der Waals surface area contributed by atoms with Crippen molar-refractivity contribution in [3.63, 3.8) is 0 Å². The third-order valence-electron chi connectivity index (χ3n) is 3.33. The number of alkyl halides is 3. The van der Waals surface area contributed by atoms with Gasteiger partial charge in [-0.2, -0.15) is 18.3 Å². The highest BCUT2D eigenvalue weighted by molar-refractivity contribution is 5.92. The third-order valence-corrected chi connectivity index (χ3v) is 3.33. The van der Waals surface area contributed by atoms with Crippen molar-refractivity contribution < 1.29 is 27.9 Å². The molecule has 0 unspecified atom stereocenters. The van der Waals surface area contributed by atoms with Gasteiger partial charge in [-0.25, -0.2) is 9.78 Å². The van der Waals surface area contributed by atoms with Gasteiger partial charge in [-0.1, -0.05) is 6.07 Å². The van der Waals surface area contributed by atoms with Crippen molar-refractivity contribution >= 4 is 34.3 Å². The number of carboxylic acids is 1. The number of carbonyl (C=O) groups is 2. The van der Waals surface area contributed by atoms with E-state index in [0.717, 1.165) is 16.6 Å². The molecule has 1 amide bonds. The third kappa shape index (κ3) is 5.43. The molecule has 1 aromatic carbocycles. The number of carbonyl (C=O) groups excluding carboxylic acids is 1. The smallest absolute Gasteiger partial charge is 0.475 e. The van der Waals surface area contributed by atoms with Crippen LogP contribution in [0.5, 0.6) is 0 Å². The number of rotatable bonds is 3. The molecule has 0 aliphatic heterocycles. The fourth-order valence-corrected chi connectivity index (χ4v) is 2.02. The zero-order chi connectivity index (χ0) is 20.9. The monoisotopic (exact) mass is 395 g/mol. The SMILES string of the molecule is CN(C)C(=O)c1cccc(Nc2ccc3[nH]ncc3c2)n1.O=C(O)C(F)(F)F. The Kier molecular flexibility index (Phi) is 6.18. The maximum atomic E-state index is 11.9. The van der Waals surface area contributed by atoms with E-state index in [4.69, 9.17) is 9.90 Å². The highest BCUT2D eigenvalue weighted by Gasteiger charge is 2.38. The molecule has 3 N–H and O–H groups in total. The first kappa shape index (κ1) is 20.7. The van der Waals surface area contributed by atoms with E-state index in [9.17, 15) is 18.0 Å². The van der Waals surface area contributed by atoms with Gasteiger partial charge in [-0.05, 0) is 30.3 Å². The molecule has 0 spiro atoms. The molecule has 0 saturated heterocycles. The molecule has 2 heterocycles. The van der Waals surface area contributed by atoms with E-state index >= 15 is 0 Å². The standard InChI is InChI=1S/C15H15N5O.C2HF3O2/c1-20(2)15(21)13-4-3-5-14(18-13)17-11-6-7-12-10(8-11)9-16-19-12;3-2(4,5)1(6)7/h3-9H,1-2H3,(H,16,19)(H,17,18);(H,6,7). The van der Waals surface area contributed by atoms with Crippen molar-refractivity contribution in [1.82, 2.24) is 20.1 Å². The van der Waals surface area contributed by atoms with Crippen LogP contribution in [0.15, 0.2) is 42.6 Å². The van der Waals surface area contributed by atoms with E-state index in [1.807, 2.05) is 30.3 Å². The maximum Gasteiger partial charge on any atom is 0.490 e. The van der Waals surface area contributed by atoms with E-state index in [2.05, 4.69) is 20.5 Å². The van der Waals surface area contributed by atoms with Crippen molar-refractivity contribution in [3.05, 3.63) is 48.3 Å². The predicted octanol–water partition coefficient (Wildman–Crippen LogP) is 3.04. The predicted molar refractivity (Wildman–Crippen MR) is 95.3 cm³/mol. The Morgan fingerprint density at radius 1 is 1.18 bits per heavy atom. The first-order valence-electron chi connectivity index (χ1n) is 7.77. The Morgan fingerprint density at radius 3 is 2.46 bits per heavy atom.